The molecule has 0 bridgehead atoms. The monoisotopic (exact) mass is 279 g/mol. The molecule has 1 aliphatic rings. The van der Waals surface area contributed by atoms with E-state index >= 15 is 0 Å². The van der Waals surface area contributed by atoms with E-state index in [1.807, 2.05) is 36.4 Å². The molecule has 5 heteroatoms. The molecule has 1 saturated heterocycles. The lowest BCUT2D eigenvalue weighted by Gasteiger charge is -2.41. The highest BCUT2D eigenvalue weighted by Crippen LogP contribution is 2.23. The van der Waals surface area contributed by atoms with E-state index in [-0.39, 0.29) is 17.6 Å². The summed E-state index contributed by atoms with van der Waals surface area (Å²) >= 11 is 0. The number of morpholine rings is 1. The third-order valence-electron chi connectivity index (χ3n) is 3.46. The molecule has 0 spiro atoms. The number of aryl methyl sites for hydroxylation is 1. The lowest BCUT2D eigenvalue weighted by atomic mass is 10.1. The third-order valence-corrected chi connectivity index (χ3v) is 3.46. The molecule has 0 radical (unpaired) electrons. The van der Waals surface area contributed by atoms with Gasteiger partial charge in [-0.1, -0.05) is 6.92 Å². The first-order valence-electron chi connectivity index (χ1n) is 7.25. The summed E-state index contributed by atoms with van der Waals surface area (Å²) in [5, 5.41) is 0. The lowest BCUT2D eigenvalue weighted by Crippen LogP contribution is -2.54. The van der Waals surface area contributed by atoms with Crippen LogP contribution in [0.15, 0.2) is 12.3 Å². The Labute approximate surface area is 120 Å². The Balaban J connectivity index is 2.22. The second-order valence-corrected chi connectivity index (χ2v) is 6.23. The van der Waals surface area contributed by atoms with Crippen LogP contribution in [0.2, 0.25) is 0 Å². The minimum Gasteiger partial charge on any atom is -0.397 e. The van der Waals surface area contributed by atoms with Crippen molar-refractivity contribution in [1.82, 2.24) is 9.47 Å². The summed E-state index contributed by atoms with van der Waals surface area (Å²) in [5.74, 6) is 0.0402. The van der Waals surface area contributed by atoms with Gasteiger partial charge in [0.15, 0.2) is 0 Å². The van der Waals surface area contributed by atoms with Crippen LogP contribution in [0.3, 0.4) is 0 Å². The molecule has 1 aromatic heterocycles. The summed E-state index contributed by atoms with van der Waals surface area (Å²) in [6.45, 7) is 10.2. The number of carbonyl (C=O) groups excluding carboxylic acids is 1. The number of hydrogen-bond donors (Lipinski definition) is 1. The van der Waals surface area contributed by atoms with Gasteiger partial charge in [-0.25, -0.2) is 0 Å². The SMILES string of the molecule is CCCn1cc(N)cc1C(=O)N1CC(C)OC(C)(C)C1. The molecule has 1 amide bonds. The number of nitrogens with zero attached hydrogens (tertiary/aromatic N) is 2. The molecular formula is C15H25N3O2. The summed E-state index contributed by atoms with van der Waals surface area (Å²) in [5.41, 5.74) is 6.85. The number of amides is 1. The molecule has 1 atom stereocenters. The van der Waals surface area contributed by atoms with Crippen LogP contribution in [0.1, 0.15) is 44.6 Å². The van der Waals surface area contributed by atoms with Crippen molar-refractivity contribution in [2.45, 2.75) is 52.4 Å². The first kappa shape index (κ1) is 14.9. The minimum atomic E-state index is -0.305. The minimum absolute atomic E-state index is 0.0402. The second kappa shape index (κ2) is 5.48. The first-order chi connectivity index (χ1) is 9.32. The summed E-state index contributed by atoms with van der Waals surface area (Å²) in [7, 11) is 0. The van der Waals surface area contributed by atoms with E-state index in [2.05, 4.69) is 6.92 Å². The fourth-order valence-corrected chi connectivity index (χ4v) is 2.91. The van der Waals surface area contributed by atoms with Crippen LogP contribution in [0, 0.1) is 0 Å². The van der Waals surface area contributed by atoms with Gasteiger partial charge in [-0.2, -0.15) is 0 Å². The van der Waals surface area contributed by atoms with Crippen molar-refractivity contribution in [2.24, 2.45) is 0 Å². The summed E-state index contributed by atoms with van der Waals surface area (Å²) in [4.78, 5) is 14.6. The Hall–Kier alpha value is -1.49. The van der Waals surface area contributed by atoms with Gasteiger partial charge < -0.3 is 19.9 Å². The highest BCUT2D eigenvalue weighted by molar-refractivity contribution is 5.94. The maximum absolute atomic E-state index is 12.7. The normalized spacial score (nSPS) is 22.0. The van der Waals surface area contributed by atoms with Crippen molar-refractivity contribution in [2.75, 3.05) is 18.8 Å². The van der Waals surface area contributed by atoms with Crippen molar-refractivity contribution in [3.63, 3.8) is 0 Å². The van der Waals surface area contributed by atoms with E-state index in [9.17, 15) is 4.79 Å². The first-order valence-corrected chi connectivity index (χ1v) is 7.25. The van der Waals surface area contributed by atoms with E-state index in [1.165, 1.54) is 0 Å². The number of nitrogen functional groups attached to an aromatic ring is 1. The molecule has 20 heavy (non-hydrogen) atoms. The molecule has 0 saturated carbocycles. The van der Waals surface area contributed by atoms with Crippen LogP contribution in [-0.4, -0.2) is 40.2 Å². The molecule has 2 N–H and O–H groups in total. The predicted molar refractivity (Wildman–Crippen MR) is 79.7 cm³/mol. The molecule has 2 rings (SSSR count). The van der Waals surface area contributed by atoms with Gasteiger partial charge in [0.2, 0.25) is 0 Å². The smallest absolute Gasteiger partial charge is 0.270 e. The average Bonchev–Trinajstić information content (AvgIpc) is 2.67. The van der Waals surface area contributed by atoms with E-state index in [4.69, 9.17) is 10.5 Å². The fourth-order valence-electron chi connectivity index (χ4n) is 2.91. The van der Waals surface area contributed by atoms with Crippen LogP contribution < -0.4 is 5.73 Å². The molecule has 2 heterocycles. The van der Waals surface area contributed by atoms with Crippen LogP contribution in [0.4, 0.5) is 5.69 Å². The average molecular weight is 279 g/mol. The molecule has 0 aliphatic carbocycles. The lowest BCUT2D eigenvalue weighted by molar-refractivity contribution is -0.119. The zero-order chi connectivity index (χ0) is 14.9. The van der Waals surface area contributed by atoms with E-state index in [0.29, 0.717) is 24.5 Å². The van der Waals surface area contributed by atoms with E-state index in [1.54, 1.807) is 6.07 Å². The van der Waals surface area contributed by atoms with Gasteiger partial charge in [0.05, 0.1) is 17.4 Å². The Kier molecular flexibility index (Phi) is 4.09. The fraction of sp³-hybridized carbons (Fsp3) is 0.667. The van der Waals surface area contributed by atoms with Gasteiger partial charge in [0.25, 0.3) is 5.91 Å². The van der Waals surface area contributed by atoms with Gasteiger partial charge >= 0.3 is 0 Å². The maximum Gasteiger partial charge on any atom is 0.270 e. The molecule has 1 fully saturated rings. The number of nitrogens with two attached hydrogens (primary N) is 1. The maximum atomic E-state index is 12.7. The van der Waals surface area contributed by atoms with Gasteiger partial charge in [-0.3, -0.25) is 4.79 Å². The molecule has 1 aromatic rings. The number of rotatable bonds is 3. The molecule has 112 valence electrons. The standard InChI is InChI=1S/C15H25N3O2/c1-5-6-17-9-12(16)7-13(17)14(19)18-8-11(2)20-15(3,4)10-18/h7,9,11H,5-6,8,10,16H2,1-4H3. The highest BCUT2D eigenvalue weighted by atomic mass is 16.5. The van der Waals surface area contributed by atoms with Crippen LogP contribution in [0.5, 0.6) is 0 Å². The number of anilines is 1. The summed E-state index contributed by atoms with van der Waals surface area (Å²) in [6.07, 6.45) is 2.86. The van der Waals surface area contributed by atoms with Gasteiger partial charge in [-0.05, 0) is 33.3 Å². The van der Waals surface area contributed by atoms with Crippen LogP contribution in [0.25, 0.3) is 0 Å². The summed E-state index contributed by atoms with van der Waals surface area (Å²) in [6, 6.07) is 1.77. The van der Waals surface area contributed by atoms with Crippen molar-refractivity contribution < 1.29 is 9.53 Å². The Morgan fingerprint density at radius 1 is 1.55 bits per heavy atom. The molecule has 1 aliphatic heterocycles. The highest BCUT2D eigenvalue weighted by Gasteiger charge is 2.34. The number of ether oxygens (including phenoxy) is 1. The van der Waals surface area contributed by atoms with Gasteiger partial charge in [0, 0.05) is 25.8 Å². The molecule has 1 unspecified atom stereocenters. The zero-order valence-corrected chi connectivity index (χ0v) is 12.8. The van der Waals surface area contributed by atoms with Crippen LogP contribution >= 0.6 is 0 Å². The topological polar surface area (TPSA) is 60.5 Å². The largest absolute Gasteiger partial charge is 0.397 e. The van der Waals surface area contributed by atoms with Crippen molar-refractivity contribution in [3.8, 4) is 0 Å². The Morgan fingerprint density at radius 2 is 2.25 bits per heavy atom. The second-order valence-electron chi connectivity index (χ2n) is 6.23. The number of aromatic nitrogens is 1. The van der Waals surface area contributed by atoms with Crippen molar-refractivity contribution in [1.29, 1.82) is 0 Å². The van der Waals surface area contributed by atoms with Gasteiger partial charge in [0.1, 0.15) is 5.69 Å². The van der Waals surface area contributed by atoms with E-state index < -0.39 is 0 Å². The predicted octanol–water partition coefficient (Wildman–Crippen LogP) is 2.12. The molecular weight excluding hydrogens is 254 g/mol. The number of hydrogen-bond acceptors (Lipinski definition) is 3. The van der Waals surface area contributed by atoms with Crippen LogP contribution in [-0.2, 0) is 11.3 Å². The third kappa shape index (κ3) is 3.15. The molecule has 5 nitrogen and oxygen atoms in total. The van der Waals surface area contributed by atoms with Crippen molar-refractivity contribution in [3.05, 3.63) is 18.0 Å². The molecule has 0 aromatic carbocycles. The van der Waals surface area contributed by atoms with E-state index in [0.717, 1.165) is 13.0 Å². The summed E-state index contributed by atoms with van der Waals surface area (Å²) < 4.78 is 7.80. The Morgan fingerprint density at radius 3 is 2.85 bits per heavy atom. The Bertz CT molecular complexity index is 493. The zero-order valence-electron chi connectivity index (χ0n) is 12.8. The van der Waals surface area contributed by atoms with Crippen molar-refractivity contribution >= 4 is 11.6 Å². The number of carbonyl (C=O) groups is 1. The van der Waals surface area contributed by atoms with Gasteiger partial charge in [-0.15, -0.1) is 0 Å². The quantitative estimate of drug-likeness (QED) is 0.922.